The number of hydrogen-bond donors (Lipinski definition) is 0. The van der Waals surface area contributed by atoms with Gasteiger partial charge in [-0.05, 0) is 68.8 Å². The van der Waals surface area contributed by atoms with Crippen LogP contribution in [0.4, 0.5) is 0 Å². The largest absolute Gasteiger partial charge is 0.487 e. The molecule has 1 amide bonds. The Morgan fingerprint density at radius 1 is 1.24 bits per heavy atom. The van der Waals surface area contributed by atoms with E-state index in [1.54, 1.807) is 16.8 Å². The van der Waals surface area contributed by atoms with Crippen molar-refractivity contribution in [3.63, 3.8) is 0 Å². The highest BCUT2D eigenvalue weighted by Gasteiger charge is 2.27. The fourth-order valence-corrected chi connectivity index (χ4v) is 4.92. The Balaban J connectivity index is 1.33. The van der Waals surface area contributed by atoms with Gasteiger partial charge in [-0.1, -0.05) is 13.0 Å². The molecule has 5 nitrogen and oxygen atoms in total. The monoisotopic (exact) mass is 413 g/mol. The van der Waals surface area contributed by atoms with Crippen LogP contribution in [0, 0.1) is 11.8 Å². The highest BCUT2D eigenvalue weighted by Crippen LogP contribution is 2.24. The van der Waals surface area contributed by atoms with Crippen molar-refractivity contribution in [1.82, 2.24) is 14.8 Å². The number of likely N-dealkylation sites (tertiary alicyclic amines) is 2. The molecule has 6 heteroatoms. The molecule has 2 saturated heterocycles. The van der Waals surface area contributed by atoms with Crippen LogP contribution < -0.4 is 4.74 Å². The van der Waals surface area contributed by atoms with E-state index >= 15 is 0 Å². The van der Waals surface area contributed by atoms with E-state index in [9.17, 15) is 4.79 Å². The van der Waals surface area contributed by atoms with Gasteiger partial charge >= 0.3 is 0 Å². The van der Waals surface area contributed by atoms with E-state index in [1.807, 2.05) is 34.5 Å². The second-order valence-electron chi connectivity index (χ2n) is 8.54. The van der Waals surface area contributed by atoms with Gasteiger partial charge in [0.05, 0.1) is 11.2 Å². The molecule has 0 saturated carbocycles. The molecule has 0 aliphatic carbocycles. The van der Waals surface area contributed by atoms with Crippen molar-refractivity contribution in [2.75, 3.05) is 32.7 Å². The average molecular weight is 414 g/mol. The molecule has 2 aliphatic rings. The van der Waals surface area contributed by atoms with Crippen molar-refractivity contribution in [3.8, 4) is 5.75 Å². The normalized spacial score (nSPS) is 21.3. The minimum absolute atomic E-state index is 0.126. The molecule has 1 aromatic heterocycles. The average Bonchev–Trinajstić information content (AvgIpc) is 3.28. The van der Waals surface area contributed by atoms with Crippen molar-refractivity contribution in [2.45, 2.75) is 39.2 Å². The number of nitrogens with zero attached hydrogens (tertiary/aromatic N) is 3. The summed E-state index contributed by atoms with van der Waals surface area (Å²) in [5, 5.41) is 1.98. The summed E-state index contributed by atoms with van der Waals surface area (Å²) in [6, 6.07) is 7.57. The van der Waals surface area contributed by atoms with E-state index < -0.39 is 0 Å². The summed E-state index contributed by atoms with van der Waals surface area (Å²) in [7, 11) is 0. The van der Waals surface area contributed by atoms with E-state index in [4.69, 9.17) is 4.74 Å². The number of thiazole rings is 1. The molecule has 2 fully saturated rings. The van der Waals surface area contributed by atoms with Crippen molar-refractivity contribution in [1.29, 1.82) is 0 Å². The maximum absolute atomic E-state index is 13.1. The predicted molar refractivity (Wildman–Crippen MR) is 116 cm³/mol. The smallest absolute Gasteiger partial charge is 0.253 e. The summed E-state index contributed by atoms with van der Waals surface area (Å²) in [6.07, 6.45) is 4.94. The third kappa shape index (κ3) is 5.58. The molecular formula is C23H31N3O2S. The summed E-state index contributed by atoms with van der Waals surface area (Å²) in [6.45, 7) is 8.07. The van der Waals surface area contributed by atoms with E-state index in [0.29, 0.717) is 18.1 Å². The Morgan fingerprint density at radius 3 is 2.90 bits per heavy atom. The van der Waals surface area contributed by atoms with E-state index in [0.717, 1.165) is 43.4 Å². The Kier molecular flexibility index (Phi) is 6.82. The van der Waals surface area contributed by atoms with Crippen molar-refractivity contribution in [3.05, 3.63) is 46.4 Å². The van der Waals surface area contributed by atoms with Gasteiger partial charge in [0.15, 0.2) is 0 Å². The molecule has 3 heterocycles. The standard InChI is InChI=1S/C23H31N3O2S/c1-18-7-10-25(11-8-18)13-19-4-3-9-26(14-19)23(27)20-5-2-6-22(12-20)28-15-21-16-29-17-24-21/h2,5-6,12,16-19H,3-4,7-11,13-15H2,1H3. The van der Waals surface area contributed by atoms with E-state index in [1.165, 1.54) is 32.4 Å². The molecule has 156 valence electrons. The Bertz CT molecular complexity index is 787. The SMILES string of the molecule is CC1CCN(CC2CCCN(C(=O)c3cccc(OCc4cscn4)c3)C2)CC1. The number of carbonyl (C=O) groups excluding carboxylic acids is 1. The third-order valence-electron chi connectivity index (χ3n) is 6.15. The van der Waals surface area contributed by atoms with Gasteiger partial charge in [-0.3, -0.25) is 4.79 Å². The first-order valence-electron chi connectivity index (χ1n) is 10.8. The lowest BCUT2D eigenvalue weighted by atomic mass is 9.94. The first-order valence-corrected chi connectivity index (χ1v) is 11.7. The first-order chi connectivity index (χ1) is 14.2. The molecule has 1 unspecified atom stereocenters. The van der Waals surface area contributed by atoms with Gasteiger partial charge in [-0.25, -0.2) is 4.98 Å². The number of piperidine rings is 2. The molecule has 0 spiro atoms. The second kappa shape index (κ2) is 9.72. The van der Waals surface area contributed by atoms with Gasteiger partial charge in [0.2, 0.25) is 0 Å². The maximum Gasteiger partial charge on any atom is 0.253 e. The number of aromatic nitrogens is 1. The summed E-state index contributed by atoms with van der Waals surface area (Å²) in [5.74, 6) is 2.30. The minimum Gasteiger partial charge on any atom is -0.487 e. The van der Waals surface area contributed by atoms with Gasteiger partial charge in [0.25, 0.3) is 5.91 Å². The zero-order valence-electron chi connectivity index (χ0n) is 17.3. The molecule has 0 radical (unpaired) electrons. The van der Waals surface area contributed by atoms with Gasteiger partial charge in [0.1, 0.15) is 12.4 Å². The van der Waals surface area contributed by atoms with Crippen LogP contribution >= 0.6 is 11.3 Å². The number of amides is 1. The van der Waals surface area contributed by atoms with Gasteiger partial charge in [-0.15, -0.1) is 11.3 Å². The number of carbonyl (C=O) groups is 1. The van der Waals surface area contributed by atoms with Crippen LogP contribution in [0.3, 0.4) is 0 Å². The van der Waals surface area contributed by atoms with Crippen molar-refractivity contribution < 1.29 is 9.53 Å². The van der Waals surface area contributed by atoms with E-state index in [2.05, 4.69) is 16.8 Å². The Labute approximate surface area is 177 Å². The summed E-state index contributed by atoms with van der Waals surface area (Å²) in [4.78, 5) is 22.0. The molecule has 2 aliphatic heterocycles. The highest BCUT2D eigenvalue weighted by molar-refractivity contribution is 7.07. The molecule has 1 atom stereocenters. The Hall–Kier alpha value is -1.92. The van der Waals surface area contributed by atoms with Crippen LogP contribution in [-0.4, -0.2) is 53.4 Å². The van der Waals surface area contributed by atoms with Crippen LogP contribution in [0.2, 0.25) is 0 Å². The van der Waals surface area contributed by atoms with Crippen LogP contribution in [0.5, 0.6) is 5.75 Å². The molecular weight excluding hydrogens is 382 g/mol. The number of hydrogen-bond acceptors (Lipinski definition) is 5. The lowest BCUT2D eigenvalue weighted by molar-refractivity contribution is 0.0622. The lowest BCUT2D eigenvalue weighted by Crippen LogP contribution is -2.45. The first kappa shape index (κ1) is 20.4. The van der Waals surface area contributed by atoms with E-state index in [-0.39, 0.29) is 5.91 Å². The molecule has 2 aromatic rings. The topological polar surface area (TPSA) is 45.7 Å². The summed E-state index contributed by atoms with van der Waals surface area (Å²) < 4.78 is 5.83. The molecule has 29 heavy (non-hydrogen) atoms. The lowest BCUT2D eigenvalue weighted by Gasteiger charge is -2.38. The highest BCUT2D eigenvalue weighted by atomic mass is 32.1. The van der Waals surface area contributed by atoms with Crippen molar-refractivity contribution in [2.24, 2.45) is 11.8 Å². The van der Waals surface area contributed by atoms with Crippen LogP contribution in [0.25, 0.3) is 0 Å². The molecule has 4 rings (SSSR count). The van der Waals surface area contributed by atoms with Gasteiger partial charge < -0.3 is 14.5 Å². The number of rotatable bonds is 6. The van der Waals surface area contributed by atoms with Crippen LogP contribution in [0.15, 0.2) is 35.2 Å². The zero-order valence-corrected chi connectivity index (χ0v) is 18.1. The Morgan fingerprint density at radius 2 is 2.10 bits per heavy atom. The molecule has 0 bridgehead atoms. The second-order valence-corrected chi connectivity index (χ2v) is 9.26. The van der Waals surface area contributed by atoms with Crippen molar-refractivity contribution >= 4 is 17.2 Å². The fourth-order valence-electron chi connectivity index (χ4n) is 4.38. The molecule has 0 N–H and O–H groups in total. The zero-order chi connectivity index (χ0) is 20.1. The fraction of sp³-hybridized carbons (Fsp3) is 0.565. The van der Waals surface area contributed by atoms with Gasteiger partial charge in [0, 0.05) is 30.6 Å². The summed E-state index contributed by atoms with van der Waals surface area (Å²) >= 11 is 1.56. The van der Waals surface area contributed by atoms with Gasteiger partial charge in [-0.2, -0.15) is 0 Å². The predicted octanol–water partition coefficient (Wildman–Crippen LogP) is 4.31. The quantitative estimate of drug-likeness (QED) is 0.708. The number of benzene rings is 1. The minimum atomic E-state index is 0.126. The van der Waals surface area contributed by atoms with Crippen LogP contribution in [-0.2, 0) is 6.61 Å². The third-order valence-corrected chi connectivity index (χ3v) is 6.79. The van der Waals surface area contributed by atoms with Crippen LogP contribution in [0.1, 0.15) is 48.7 Å². The summed E-state index contributed by atoms with van der Waals surface area (Å²) in [5.41, 5.74) is 3.43. The number of ether oxygens (including phenoxy) is 1. The molecule has 1 aromatic carbocycles. The maximum atomic E-state index is 13.1.